The van der Waals surface area contributed by atoms with Crippen LogP contribution in [-0.4, -0.2) is 40.0 Å². The van der Waals surface area contributed by atoms with Crippen molar-refractivity contribution in [2.45, 2.75) is 0 Å². The Hall–Kier alpha value is -2.17. The Morgan fingerprint density at radius 1 is 1.38 bits per heavy atom. The number of carbonyl (C=O) groups is 2. The van der Waals surface area contributed by atoms with Gasteiger partial charge in [-0.2, -0.15) is 4.99 Å². The summed E-state index contributed by atoms with van der Waals surface area (Å²) in [6, 6.07) is 5.73. The molecular formula is C16H16N4O3S3. The summed E-state index contributed by atoms with van der Waals surface area (Å²) in [5.74, 6) is 0.627. The Bertz CT molecular complexity index is 992. The second-order valence-electron chi connectivity index (χ2n) is 5.16. The van der Waals surface area contributed by atoms with E-state index in [-0.39, 0.29) is 23.3 Å². The van der Waals surface area contributed by atoms with Crippen LogP contribution in [0.4, 0.5) is 5.13 Å². The molecule has 10 heteroatoms. The predicted molar refractivity (Wildman–Crippen MR) is 106 cm³/mol. The number of anilines is 1. The van der Waals surface area contributed by atoms with E-state index < -0.39 is 0 Å². The van der Waals surface area contributed by atoms with Gasteiger partial charge in [-0.25, -0.2) is 4.98 Å². The third-order valence-electron chi connectivity index (χ3n) is 3.37. The fraction of sp³-hybridized carbons (Fsp3) is 0.250. The Morgan fingerprint density at radius 3 is 2.96 bits per heavy atom. The quantitative estimate of drug-likeness (QED) is 0.677. The summed E-state index contributed by atoms with van der Waals surface area (Å²) in [4.78, 5) is 32.6. The van der Waals surface area contributed by atoms with Crippen molar-refractivity contribution in [3.8, 4) is 5.75 Å². The molecule has 0 unspecified atom stereocenters. The molecule has 0 fully saturated rings. The van der Waals surface area contributed by atoms with Crippen molar-refractivity contribution in [3.05, 3.63) is 34.6 Å². The van der Waals surface area contributed by atoms with Crippen LogP contribution in [0, 0.1) is 0 Å². The maximum Gasteiger partial charge on any atom is 0.258 e. The number of thioether (sulfide) groups is 1. The first-order valence-corrected chi connectivity index (χ1v) is 10.4. The van der Waals surface area contributed by atoms with Gasteiger partial charge in [-0.1, -0.05) is 11.3 Å². The standard InChI is InChI=1S/C16H16N4O3S3/c1-20-11-4-3-10(23-2)7-12(11)26-16(20)19-14(22)9-24-8-13(21)18-15-17-5-6-25-15/h3-7H,8-9H2,1-2H3,(H,17,18,21). The zero-order chi connectivity index (χ0) is 18.5. The highest BCUT2D eigenvalue weighted by atomic mass is 32.2. The second-order valence-corrected chi connectivity index (χ2v) is 8.05. The average molecular weight is 409 g/mol. The van der Waals surface area contributed by atoms with Crippen LogP contribution in [0.1, 0.15) is 0 Å². The number of carbonyl (C=O) groups excluding carboxylic acids is 2. The fourth-order valence-electron chi connectivity index (χ4n) is 2.16. The monoisotopic (exact) mass is 408 g/mol. The van der Waals surface area contributed by atoms with Crippen LogP contribution in [0.25, 0.3) is 10.2 Å². The molecule has 7 nitrogen and oxygen atoms in total. The van der Waals surface area contributed by atoms with Crippen molar-refractivity contribution in [2.75, 3.05) is 23.9 Å². The Kier molecular flexibility index (Phi) is 6.07. The zero-order valence-electron chi connectivity index (χ0n) is 14.1. The summed E-state index contributed by atoms with van der Waals surface area (Å²) in [5, 5.41) is 5.01. The number of rotatable bonds is 6. The summed E-state index contributed by atoms with van der Waals surface area (Å²) in [5.41, 5.74) is 0.984. The van der Waals surface area contributed by atoms with Crippen LogP contribution in [0.2, 0.25) is 0 Å². The average Bonchev–Trinajstić information content (AvgIpc) is 3.23. The largest absolute Gasteiger partial charge is 0.497 e. The molecule has 0 saturated heterocycles. The molecule has 0 atom stereocenters. The molecular weight excluding hydrogens is 392 g/mol. The SMILES string of the molecule is COc1ccc2c(c1)sc(=NC(=O)CSCC(=O)Nc1nccs1)n2C. The molecule has 0 aliphatic carbocycles. The number of nitrogens with zero attached hydrogens (tertiary/aromatic N) is 3. The van der Waals surface area contributed by atoms with Crippen molar-refractivity contribution in [1.82, 2.24) is 9.55 Å². The zero-order valence-corrected chi connectivity index (χ0v) is 16.5. The Balaban J connectivity index is 1.60. The maximum atomic E-state index is 12.1. The first-order chi connectivity index (χ1) is 12.6. The van der Waals surface area contributed by atoms with Gasteiger partial charge in [0, 0.05) is 18.6 Å². The lowest BCUT2D eigenvalue weighted by Gasteiger charge is -2.00. The van der Waals surface area contributed by atoms with Crippen LogP contribution >= 0.6 is 34.4 Å². The third-order valence-corrected chi connectivity index (χ3v) is 6.07. The van der Waals surface area contributed by atoms with Crippen LogP contribution in [0.3, 0.4) is 0 Å². The number of hydrogen-bond acceptors (Lipinski definition) is 7. The highest BCUT2D eigenvalue weighted by Crippen LogP contribution is 2.22. The smallest absolute Gasteiger partial charge is 0.258 e. The molecule has 2 amide bonds. The van der Waals surface area contributed by atoms with Gasteiger partial charge in [-0.3, -0.25) is 9.59 Å². The van der Waals surface area contributed by atoms with E-state index >= 15 is 0 Å². The first-order valence-electron chi connectivity index (χ1n) is 7.55. The molecule has 0 bridgehead atoms. The summed E-state index contributed by atoms with van der Waals surface area (Å²) in [6.45, 7) is 0. The number of amides is 2. The predicted octanol–water partition coefficient (Wildman–Crippen LogP) is 2.50. The van der Waals surface area contributed by atoms with Crippen molar-refractivity contribution < 1.29 is 14.3 Å². The van der Waals surface area contributed by atoms with Crippen LogP contribution < -0.4 is 14.9 Å². The molecule has 0 aliphatic heterocycles. The lowest BCUT2D eigenvalue weighted by atomic mass is 10.3. The third kappa shape index (κ3) is 4.51. The fourth-order valence-corrected chi connectivity index (χ4v) is 4.37. The van der Waals surface area contributed by atoms with Gasteiger partial charge in [0.2, 0.25) is 5.91 Å². The van der Waals surface area contributed by atoms with Crippen LogP contribution in [0.5, 0.6) is 5.75 Å². The highest BCUT2D eigenvalue weighted by molar-refractivity contribution is 8.00. The molecule has 0 radical (unpaired) electrons. The number of aryl methyl sites for hydroxylation is 1. The van der Waals surface area contributed by atoms with E-state index in [0.29, 0.717) is 9.93 Å². The molecule has 3 rings (SSSR count). The Morgan fingerprint density at radius 2 is 2.23 bits per heavy atom. The van der Waals surface area contributed by atoms with Gasteiger partial charge >= 0.3 is 0 Å². The topological polar surface area (TPSA) is 85.6 Å². The van der Waals surface area contributed by atoms with E-state index in [1.54, 1.807) is 18.7 Å². The van der Waals surface area contributed by atoms with E-state index in [2.05, 4.69) is 15.3 Å². The molecule has 136 valence electrons. The second kappa shape index (κ2) is 8.47. The molecule has 0 spiro atoms. The molecule has 2 heterocycles. The normalized spacial score (nSPS) is 11.7. The summed E-state index contributed by atoms with van der Waals surface area (Å²) in [7, 11) is 3.48. The van der Waals surface area contributed by atoms with Gasteiger partial charge in [0.1, 0.15) is 5.75 Å². The van der Waals surface area contributed by atoms with E-state index in [0.717, 1.165) is 16.0 Å². The van der Waals surface area contributed by atoms with Crippen molar-refractivity contribution in [2.24, 2.45) is 12.0 Å². The number of thiazole rings is 2. The number of benzene rings is 1. The number of ether oxygens (including phenoxy) is 1. The highest BCUT2D eigenvalue weighted by Gasteiger charge is 2.09. The van der Waals surface area contributed by atoms with Crippen LogP contribution in [0.15, 0.2) is 34.8 Å². The minimum absolute atomic E-state index is 0.142. The van der Waals surface area contributed by atoms with Crippen LogP contribution in [-0.2, 0) is 16.6 Å². The number of fused-ring (bicyclic) bond motifs is 1. The Labute approximate surface area is 161 Å². The molecule has 3 aromatic rings. The molecule has 0 saturated carbocycles. The van der Waals surface area contributed by atoms with Gasteiger partial charge in [-0.15, -0.1) is 23.1 Å². The van der Waals surface area contributed by atoms with Gasteiger partial charge in [0.15, 0.2) is 9.93 Å². The van der Waals surface area contributed by atoms with Crippen molar-refractivity contribution >= 4 is 61.6 Å². The minimum Gasteiger partial charge on any atom is -0.497 e. The van der Waals surface area contributed by atoms with E-state index in [1.165, 1.54) is 34.4 Å². The number of methoxy groups -OCH3 is 1. The van der Waals surface area contributed by atoms with Gasteiger partial charge in [0.25, 0.3) is 5.91 Å². The minimum atomic E-state index is -0.272. The molecule has 2 aromatic heterocycles. The number of hydrogen-bond donors (Lipinski definition) is 1. The molecule has 26 heavy (non-hydrogen) atoms. The van der Waals surface area contributed by atoms with Gasteiger partial charge in [0.05, 0.1) is 28.8 Å². The number of aromatic nitrogens is 2. The van der Waals surface area contributed by atoms with Gasteiger partial charge in [-0.05, 0) is 18.2 Å². The van der Waals surface area contributed by atoms with E-state index in [1.807, 2.05) is 29.8 Å². The summed E-state index contributed by atoms with van der Waals surface area (Å²) in [6.07, 6.45) is 1.62. The number of nitrogens with one attached hydrogen (secondary N) is 1. The van der Waals surface area contributed by atoms with E-state index in [9.17, 15) is 9.59 Å². The van der Waals surface area contributed by atoms with Crippen molar-refractivity contribution in [1.29, 1.82) is 0 Å². The van der Waals surface area contributed by atoms with Crippen molar-refractivity contribution in [3.63, 3.8) is 0 Å². The van der Waals surface area contributed by atoms with Gasteiger partial charge < -0.3 is 14.6 Å². The lowest BCUT2D eigenvalue weighted by molar-refractivity contribution is -0.115. The molecule has 1 aromatic carbocycles. The maximum absolute atomic E-state index is 12.1. The first kappa shape index (κ1) is 18.6. The molecule has 1 N–H and O–H groups in total. The lowest BCUT2D eigenvalue weighted by Crippen LogP contribution is -2.17. The van der Waals surface area contributed by atoms with E-state index in [4.69, 9.17) is 4.74 Å². The molecule has 0 aliphatic rings. The summed E-state index contributed by atoms with van der Waals surface area (Å²) >= 11 is 4.00. The summed E-state index contributed by atoms with van der Waals surface area (Å²) < 4.78 is 8.09.